The van der Waals surface area contributed by atoms with Gasteiger partial charge in [-0.05, 0) is 13.8 Å². The number of nitrogens with zero attached hydrogens (tertiary/aromatic N) is 2. The molecule has 1 N–H and O–H groups in total. The Kier molecular flexibility index (Phi) is 5.48. The summed E-state index contributed by atoms with van der Waals surface area (Å²) in [5.74, 6) is -2.56. The molecule has 1 aromatic rings. The SMILES string of the molecule is CCOC(=O)C1=NNC(C)=C(C(=O)OC)C1c1ccccc1[N+](=O)[O-]. The van der Waals surface area contributed by atoms with Crippen molar-refractivity contribution < 1.29 is 24.0 Å². The van der Waals surface area contributed by atoms with E-state index in [9.17, 15) is 19.7 Å². The molecule has 0 fully saturated rings. The number of carbonyl (C=O) groups is 2. The molecule has 9 nitrogen and oxygen atoms in total. The van der Waals surface area contributed by atoms with Crippen molar-refractivity contribution in [3.8, 4) is 0 Å². The number of methoxy groups -OCH3 is 1. The first-order valence-electron chi connectivity index (χ1n) is 7.45. The number of allylic oxidation sites excluding steroid dienone is 1. The summed E-state index contributed by atoms with van der Waals surface area (Å²) in [4.78, 5) is 35.4. The molecule has 0 radical (unpaired) electrons. The number of hydrazone groups is 1. The van der Waals surface area contributed by atoms with Gasteiger partial charge in [0.2, 0.25) is 0 Å². The predicted octanol–water partition coefficient (Wildman–Crippen LogP) is 1.65. The Morgan fingerprint density at radius 3 is 2.60 bits per heavy atom. The monoisotopic (exact) mass is 347 g/mol. The predicted molar refractivity (Wildman–Crippen MR) is 87.8 cm³/mol. The van der Waals surface area contributed by atoms with Crippen molar-refractivity contribution in [2.24, 2.45) is 5.10 Å². The van der Waals surface area contributed by atoms with Crippen LogP contribution >= 0.6 is 0 Å². The van der Waals surface area contributed by atoms with Crippen LogP contribution in [-0.2, 0) is 19.1 Å². The molecule has 2 rings (SSSR count). The maximum Gasteiger partial charge on any atom is 0.355 e. The van der Waals surface area contributed by atoms with E-state index < -0.39 is 22.8 Å². The summed E-state index contributed by atoms with van der Waals surface area (Å²) >= 11 is 0. The number of para-hydroxylation sites is 1. The van der Waals surface area contributed by atoms with Gasteiger partial charge in [0, 0.05) is 17.3 Å². The van der Waals surface area contributed by atoms with Crippen molar-refractivity contribution in [2.75, 3.05) is 13.7 Å². The van der Waals surface area contributed by atoms with Gasteiger partial charge in [-0.25, -0.2) is 9.59 Å². The largest absolute Gasteiger partial charge is 0.466 e. The van der Waals surface area contributed by atoms with E-state index in [0.717, 1.165) is 0 Å². The summed E-state index contributed by atoms with van der Waals surface area (Å²) in [6.07, 6.45) is 0. The Balaban J connectivity index is 2.68. The third-order valence-electron chi connectivity index (χ3n) is 3.64. The van der Waals surface area contributed by atoms with E-state index in [0.29, 0.717) is 5.70 Å². The normalized spacial score (nSPS) is 16.6. The van der Waals surface area contributed by atoms with E-state index in [4.69, 9.17) is 9.47 Å². The summed E-state index contributed by atoms with van der Waals surface area (Å²) in [6, 6.07) is 5.85. The molecule has 1 unspecified atom stereocenters. The van der Waals surface area contributed by atoms with Gasteiger partial charge in [0.05, 0.1) is 30.1 Å². The van der Waals surface area contributed by atoms with Crippen molar-refractivity contribution in [3.05, 3.63) is 51.2 Å². The van der Waals surface area contributed by atoms with Gasteiger partial charge < -0.3 is 9.47 Å². The van der Waals surface area contributed by atoms with E-state index in [2.05, 4.69) is 10.5 Å². The van der Waals surface area contributed by atoms with E-state index in [1.807, 2.05) is 0 Å². The van der Waals surface area contributed by atoms with Crippen LogP contribution in [0, 0.1) is 10.1 Å². The summed E-state index contributed by atoms with van der Waals surface area (Å²) in [7, 11) is 1.19. The molecule has 1 heterocycles. The third kappa shape index (κ3) is 3.49. The molecule has 0 aromatic heterocycles. The fraction of sp³-hybridized carbons (Fsp3) is 0.312. The highest BCUT2D eigenvalue weighted by Gasteiger charge is 2.40. The zero-order chi connectivity index (χ0) is 18.6. The highest BCUT2D eigenvalue weighted by Crippen LogP contribution is 2.36. The van der Waals surface area contributed by atoms with Gasteiger partial charge in [0.1, 0.15) is 0 Å². The van der Waals surface area contributed by atoms with Crippen LogP contribution in [0.2, 0.25) is 0 Å². The number of carbonyl (C=O) groups excluding carboxylic acids is 2. The standard InChI is InChI=1S/C16H17N3O6/c1-4-25-16(21)14-13(10-7-5-6-8-11(10)19(22)23)12(15(20)24-3)9(2)17-18-14/h5-8,13,17H,4H2,1-3H3. The van der Waals surface area contributed by atoms with Crippen LogP contribution < -0.4 is 5.43 Å². The number of hydrogen-bond donors (Lipinski definition) is 1. The number of hydrogen-bond acceptors (Lipinski definition) is 8. The molecular weight excluding hydrogens is 330 g/mol. The number of nitro benzene ring substituents is 1. The van der Waals surface area contributed by atoms with Crippen molar-refractivity contribution in [1.82, 2.24) is 5.43 Å². The van der Waals surface area contributed by atoms with Crippen LogP contribution in [0.25, 0.3) is 0 Å². The smallest absolute Gasteiger partial charge is 0.355 e. The zero-order valence-corrected chi connectivity index (χ0v) is 13.9. The first-order chi connectivity index (χ1) is 11.9. The fourth-order valence-corrected chi connectivity index (χ4v) is 2.57. The molecular formula is C16H17N3O6. The lowest BCUT2D eigenvalue weighted by molar-refractivity contribution is -0.385. The minimum Gasteiger partial charge on any atom is -0.466 e. The second-order valence-corrected chi connectivity index (χ2v) is 5.11. The van der Waals surface area contributed by atoms with Crippen molar-refractivity contribution in [3.63, 3.8) is 0 Å². The van der Waals surface area contributed by atoms with Gasteiger partial charge in [-0.1, -0.05) is 18.2 Å². The summed E-state index contributed by atoms with van der Waals surface area (Å²) < 4.78 is 9.76. The molecule has 1 atom stereocenters. The van der Waals surface area contributed by atoms with Crippen LogP contribution in [0.1, 0.15) is 25.3 Å². The van der Waals surface area contributed by atoms with Crippen molar-refractivity contribution in [1.29, 1.82) is 0 Å². The Morgan fingerprint density at radius 1 is 1.32 bits per heavy atom. The molecule has 25 heavy (non-hydrogen) atoms. The Morgan fingerprint density at radius 2 is 2.00 bits per heavy atom. The quantitative estimate of drug-likeness (QED) is 0.488. The fourth-order valence-electron chi connectivity index (χ4n) is 2.57. The number of rotatable bonds is 5. The van der Waals surface area contributed by atoms with Gasteiger partial charge in [0.25, 0.3) is 5.69 Å². The van der Waals surface area contributed by atoms with Crippen LogP contribution in [0.15, 0.2) is 40.6 Å². The number of benzene rings is 1. The Bertz CT molecular complexity index is 784. The van der Waals surface area contributed by atoms with Gasteiger partial charge in [0.15, 0.2) is 5.71 Å². The average Bonchev–Trinajstić information content (AvgIpc) is 2.60. The molecule has 1 aliphatic heterocycles. The molecule has 0 saturated heterocycles. The maximum atomic E-state index is 12.3. The number of nitro groups is 1. The first-order valence-corrected chi connectivity index (χ1v) is 7.45. The van der Waals surface area contributed by atoms with Crippen LogP contribution in [0.3, 0.4) is 0 Å². The Hall–Kier alpha value is -3.23. The highest BCUT2D eigenvalue weighted by atomic mass is 16.6. The molecule has 1 aromatic carbocycles. The molecule has 0 bridgehead atoms. The summed E-state index contributed by atoms with van der Waals surface area (Å²) in [5.41, 5.74) is 2.75. The second kappa shape index (κ2) is 7.56. The third-order valence-corrected chi connectivity index (χ3v) is 3.64. The van der Waals surface area contributed by atoms with E-state index in [-0.39, 0.29) is 29.1 Å². The molecule has 0 amide bonds. The molecule has 0 spiro atoms. The lowest BCUT2D eigenvalue weighted by atomic mass is 9.84. The maximum absolute atomic E-state index is 12.3. The number of esters is 2. The number of ether oxygens (including phenoxy) is 2. The topological polar surface area (TPSA) is 120 Å². The van der Waals surface area contributed by atoms with E-state index in [1.165, 1.54) is 25.3 Å². The summed E-state index contributed by atoms with van der Waals surface area (Å²) in [5, 5.41) is 15.4. The van der Waals surface area contributed by atoms with Gasteiger partial charge in [-0.2, -0.15) is 5.10 Å². The lowest BCUT2D eigenvalue weighted by Gasteiger charge is -2.25. The van der Waals surface area contributed by atoms with Crippen LogP contribution in [-0.4, -0.2) is 36.3 Å². The van der Waals surface area contributed by atoms with Gasteiger partial charge >= 0.3 is 11.9 Å². The second-order valence-electron chi connectivity index (χ2n) is 5.11. The van der Waals surface area contributed by atoms with Gasteiger partial charge in [-0.15, -0.1) is 0 Å². The molecule has 1 aliphatic rings. The van der Waals surface area contributed by atoms with Crippen molar-refractivity contribution >= 4 is 23.3 Å². The Labute approximate surface area is 143 Å². The van der Waals surface area contributed by atoms with Crippen LogP contribution in [0.4, 0.5) is 5.69 Å². The molecule has 0 aliphatic carbocycles. The number of nitrogens with one attached hydrogen (secondary N) is 1. The van der Waals surface area contributed by atoms with E-state index >= 15 is 0 Å². The molecule has 0 saturated carbocycles. The van der Waals surface area contributed by atoms with Crippen LogP contribution in [0.5, 0.6) is 0 Å². The minimum atomic E-state index is -1.07. The average molecular weight is 347 g/mol. The lowest BCUT2D eigenvalue weighted by Crippen LogP contribution is -2.36. The van der Waals surface area contributed by atoms with E-state index in [1.54, 1.807) is 19.9 Å². The molecule has 132 valence electrons. The van der Waals surface area contributed by atoms with Crippen molar-refractivity contribution in [2.45, 2.75) is 19.8 Å². The minimum absolute atomic E-state index is 0.0647. The first kappa shape index (κ1) is 18.1. The molecule has 9 heteroatoms. The highest BCUT2D eigenvalue weighted by molar-refractivity contribution is 6.40. The van der Waals surface area contributed by atoms with Gasteiger partial charge in [-0.3, -0.25) is 15.5 Å². The zero-order valence-electron chi connectivity index (χ0n) is 13.9. The summed E-state index contributed by atoms with van der Waals surface area (Å²) in [6.45, 7) is 3.29.